The van der Waals surface area contributed by atoms with Crippen LogP contribution in [-0.2, 0) is 18.0 Å². The van der Waals surface area contributed by atoms with Gasteiger partial charge >= 0.3 is 0 Å². The highest BCUT2D eigenvalue weighted by Crippen LogP contribution is 2.37. The van der Waals surface area contributed by atoms with Gasteiger partial charge in [0.05, 0.1) is 22.1 Å². The van der Waals surface area contributed by atoms with Crippen molar-refractivity contribution in [3.63, 3.8) is 0 Å². The molecule has 0 saturated carbocycles. The van der Waals surface area contributed by atoms with Gasteiger partial charge in [-0.2, -0.15) is 0 Å². The van der Waals surface area contributed by atoms with Crippen LogP contribution in [0.2, 0.25) is 10.0 Å². The smallest absolute Gasteiger partial charge is 0.263 e. The van der Waals surface area contributed by atoms with E-state index >= 15 is 0 Å². The van der Waals surface area contributed by atoms with Gasteiger partial charge in [0.15, 0.2) is 17.2 Å². The van der Waals surface area contributed by atoms with Gasteiger partial charge in [0, 0.05) is 0 Å². The van der Waals surface area contributed by atoms with Crippen molar-refractivity contribution < 1.29 is 19.0 Å². The third kappa shape index (κ3) is 6.04. The van der Waals surface area contributed by atoms with E-state index in [1.54, 1.807) is 25.3 Å². The Labute approximate surface area is 217 Å². The first-order chi connectivity index (χ1) is 16.4. The first-order valence-corrected chi connectivity index (χ1v) is 12.1. The summed E-state index contributed by atoms with van der Waals surface area (Å²) in [5.74, 6) is 1.35. The van der Waals surface area contributed by atoms with E-state index in [1.807, 2.05) is 48.5 Å². The lowest BCUT2D eigenvalue weighted by molar-refractivity contribution is -0.115. The van der Waals surface area contributed by atoms with Crippen molar-refractivity contribution in [1.29, 1.82) is 0 Å². The number of rotatable bonds is 8. The molecule has 0 atom stereocenters. The number of thioether (sulfide) groups is 1. The fourth-order valence-corrected chi connectivity index (χ4v) is 4.84. The largest absolute Gasteiger partial charge is 0.493 e. The first-order valence-electron chi connectivity index (χ1n) is 10.1. The Balaban J connectivity index is 1.44. The number of amides is 1. The molecule has 1 amide bonds. The maximum absolute atomic E-state index is 11.9. The summed E-state index contributed by atoms with van der Waals surface area (Å²) in [6, 6.07) is 18.9. The molecule has 1 N–H and O–H groups in total. The zero-order valence-corrected chi connectivity index (χ0v) is 21.1. The number of thiocarbonyl (C=S) groups is 1. The van der Waals surface area contributed by atoms with E-state index in [0.717, 1.165) is 11.1 Å². The Morgan fingerprint density at radius 1 is 0.941 bits per heavy atom. The first kappa shape index (κ1) is 24.4. The highest BCUT2D eigenvalue weighted by atomic mass is 35.5. The second-order valence-electron chi connectivity index (χ2n) is 7.21. The summed E-state index contributed by atoms with van der Waals surface area (Å²) >= 11 is 19.0. The molecule has 3 aromatic rings. The number of nitrogens with one attached hydrogen (secondary N) is 1. The van der Waals surface area contributed by atoms with Crippen LogP contribution in [0.15, 0.2) is 65.6 Å². The van der Waals surface area contributed by atoms with Gasteiger partial charge in [-0.05, 0) is 47.0 Å². The molecule has 1 heterocycles. The summed E-state index contributed by atoms with van der Waals surface area (Å²) < 4.78 is 17.7. The van der Waals surface area contributed by atoms with Crippen LogP contribution < -0.4 is 19.5 Å². The Bertz CT molecular complexity index is 1240. The fourth-order valence-electron chi connectivity index (χ4n) is 3.18. The summed E-state index contributed by atoms with van der Waals surface area (Å²) in [7, 11) is 1.59. The Kier molecular flexibility index (Phi) is 8.00. The number of ether oxygens (including phenoxy) is 3. The molecule has 0 aliphatic carbocycles. The third-order valence-corrected chi connectivity index (χ3v) is 6.53. The van der Waals surface area contributed by atoms with Crippen molar-refractivity contribution in [2.24, 2.45) is 0 Å². The number of hydrogen-bond donors (Lipinski definition) is 1. The summed E-state index contributed by atoms with van der Waals surface area (Å²) in [5, 5.41) is 3.24. The second kappa shape index (κ2) is 11.1. The van der Waals surface area contributed by atoms with Gasteiger partial charge in [-0.25, -0.2) is 0 Å². The van der Waals surface area contributed by atoms with E-state index in [-0.39, 0.29) is 12.5 Å². The van der Waals surface area contributed by atoms with Crippen LogP contribution in [0.1, 0.15) is 16.7 Å². The van der Waals surface area contributed by atoms with Crippen LogP contribution in [-0.4, -0.2) is 17.3 Å². The van der Waals surface area contributed by atoms with Crippen LogP contribution in [0, 0.1) is 0 Å². The summed E-state index contributed by atoms with van der Waals surface area (Å²) in [6.07, 6.45) is 1.68. The third-order valence-electron chi connectivity index (χ3n) is 4.81. The van der Waals surface area contributed by atoms with Gasteiger partial charge in [-0.15, -0.1) is 0 Å². The minimum absolute atomic E-state index is 0.224. The van der Waals surface area contributed by atoms with Crippen molar-refractivity contribution >= 4 is 63.5 Å². The summed E-state index contributed by atoms with van der Waals surface area (Å²) in [6.45, 7) is 0.661. The molecule has 0 aromatic heterocycles. The topological polar surface area (TPSA) is 56.8 Å². The fraction of sp³-hybridized carbons (Fsp3) is 0.120. The number of carbonyl (C=O) groups excluding carboxylic acids is 1. The molecule has 0 unspecified atom stereocenters. The van der Waals surface area contributed by atoms with Crippen molar-refractivity contribution in [3.8, 4) is 17.2 Å². The highest BCUT2D eigenvalue weighted by molar-refractivity contribution is 8.26. The molecular weight excluding hydrogens is 513 g/mol. The van der Waals surface area contributed by atoms with Crippen LogP contribution in [0.4, 0.5) is 0 Å². The molecular formula is C25H19Cl2NO4S2. The zero-order valence-electron chi connectivity index (χ0n) is 18.0. The Morgan fingerprint density at radius 2 is 1.65 bits per heavy atom. The van der Waals surface area contributed by atoms with Crippen LogP contribution >= 0.6 is 47.2 Å². The molecule has 5 nitrogen and oxygen atoms in total. The Morgan fingerprint density at radius 3 is 2.29 bits per heavy atom. The molecule has 0 bridgehead atoms. The molecule has 0 radical (unpaired) electrons. The number of benzene rings is 3. The van der Waals surface area contributed by atoms with E-state index in [4.69, 9.17) is 49.6 Å². The predicted octanol–water partition coefficient (Wildman–Crippen LogP) is 6.65. The van der Waals surface area contributed by atoms with Gasteiger partial charge in [-0.3, -0.25) is 4.79 Å². The van der Waals surface area contributed by atoms with Crippen LogP contribution in [0.5, 0.6) is 17.2 Å². The molecule has 3 aromatic carbocycles. The van der Waals surface area contributed by atoms with E-state index in [0.29, 0.717) is 48.7 Å². The molecule has 34 heavy (non-hydrogen) atoms. The van der Waals surface area contributed by atoms with Crippen molar-refractivity contribution in [3.05, 3.63) is 92.3 Å². The molecule has 1 aliphatic rings. The van der Waals surface area contributed by atoms with E-state index in [9.17, 15) is 4.79 Å². The van der Waals surface area contributed by atoms with Crippen LogP contribution in [0.3, 0.4) is 0 Å². The number of halogens is 2. The average Bonchev–Trinajstić information content (AvgIpc) is 3.14. The number of carbonyl (C=O) groups is 1. The monoisotopic (exact) mass is 531 g/mol. The standard InChI is InChI=1S/C25H19Cl2NO4S2/c1-30-21-11-16(7-8-20(21)31-13-15-5-3-2-4-6-15)14-32-23-18(26)9-17(10-19(23)27)12-22-24(29)28-25(33)34-22/h2-12H,13-14H2,1H3,(H,28,29,33)/b22-12+. The predicted molar refractivity (Wildman–Crippen MR) is 141 cm³/mol. The second-order valence-corrected chi connectivity index (χ2v) is 9.75. The molecule has 0 spiro atoms. The minimum Gasteiger partial charge on any atom is -0.493 e. The Hall–Kier alpha value is -2.71. The number of hydrogen-bond acceptors (Lipinski definition) is 6. The lowest BCUT2D eigenvalue weighted by atomic mass is 10.2. The van der Waals surface area contributed by atoms with E-state index in [1.165, 1.54) is 11.8 Å². The van der Waals surface area contributed by atoms with Gasteiger partial charge in [-0.1, -0.05) is 83.6 Å². The molecule has 4 rings (SSSR count). The van der Waals surface area contributed by atoms with Gasteiger partial charge in [0.25, 0.3) is 5.91 Å². The van der Waals surface area contributed by atoms with E-state index < -0.39 is 0 Å². The average molecular weight is 532 g/mol. The molecule has 1 aliphatic heterocycles. The highest BCUT2D eigenvalue weighted by Gasteiger charge is 2.22. The lowest BCUT2D eigenvalue weighted by Gasteiger charge is -2.14. The summed E-state index contributed by atoms with van der Waals surface area (Å²) in [4.78, 5) is 12.4. The number of methoxy groups -OCH3 is 1. The van der Waals surface area contributed by atoms with Gasteiger partial charge in [0.1, 0.15) is 17.5 Å². The molecule has 174 valence electrons. The molecule has 1 saturated heterocycles. The normalized spacial score (nSPS) is 14.3. The molecule has 1 fully saturated rings. The zero-order chi connectivity index (χ0) is 24.1. The minimum atomic E-state index is -0.243. The van der Waals surface area contributed by atoms with Crippen molar-refractivity contribution in [1.82, 2.24) is 5.32 Å². The van der Waals surface area contributed by atoms with Gasteiger partial charge < -0.3 is 19.5 Å². The van der Waals surface area contributed by atoms with Crippen LogP contribution in [0.25, 0.3) is 6.08 Å². The maximum Gasteiger partial charge on any atom is 0.263 e. The van der Waals surface area contributed by atoms with Gasteiger partial charge in [0.2, 0.25) is 0 Å². The van der Waals surface area contributed by atoms with E-state index in [2.05, 4.69) is 5.32 Å². The lowest BCUT2D eigenvalue weighted by Crippen LogP contribution is -2.17. The molecule has 9 heteroatoms. The SMILES string of the molecule is COc1cc(COc2c(Cl)cc(/C=C3/SC(=S)NC3=O)cc2Cl)ccc1OCc1ccccc1. The van der Waals surface area contributed by atoms with Crippen molar-refractivity contribution in [2.75, 3.05) is 7.11 Å². The summed E-state index contributed by atoms with van der Waals surface area (Å²) in [5.41, 5.74) is 2.59. The maximum atomic E-state index is 11.9. The van der Waals surface area contributed by atoms with Crippen molar-refractivity contribution in [2.45, 2.75) is 13.2 Å². The quantitative estimate of drug-likeness (QED) is 0.259.